The fourth-order valence-corrected chi connectivity index (χ4v) is 3.96. The number of nitrogens with one attached hydrogen (secondary N) is 2. The van der Waals surface area contributed by atoms with Crippen molar-refractivity contribution in [3.63, 3.8) is 0 Å². The van der Waals surface area contributed by atoms with Gasteiger partial charge in [0.25, 0.3) is 5.91 Å². The number of amides is 1. The number of nitrogens with zero attached hydrogens (tertiary/aromatic N) is 3. The highest BCUT2D eigenvalue weighted by molar-refractivity contribution is 7.89. The van der Waals surface area contributed by atoms with Crippen molar-refractivity contribution in [1.29, 1.82) is 0 Å². The maximum Gasteiger partial charge on any atom is 0.255 e. The van der Waals surface area contributed by atoms with Crippen molar-refractivity contribution < 1.29 is 17.7 Å². The minimum Gasteiger partial charge on any atom is -0.339 e. The average Bonchev–Trinajstić information content (AvgIpc) is 3.25. The van der Waals surface area contributed by atoms with Gasteiger partial charge in [-0.05, 0) is 42.0 Å². The third kappa shape index (κ3) is 5.05. The number of aryl methyl sites for hydroxylation is 1. The number of hydrogen-bond donors (Lipinski definition) is 2. The van der Waals surface area contributed by atoms with E-state index in [2.05, 4.69) is 25.2 Å². The minimum absolute atomic E-state index is 0.0678. The highest BCUT2D eigenvalue weighted by atomic mass is 32.2. The molecule has 0 aliphatic heterocycles. The van der Waals surface area contributed by atoms with Crippen LogP contribution in [0.25, 0.3) is 11.4 Å². The lowest BCUT2D eigenvalue weighted by atomic mass is 10.1. The summed E-state index contributed by atoms with van der Waals surface area (Å²) < 4.78 is 33.0. The van der Waals surface area contributed by atoms with Crippen LogP contribution in [0.5, 0.6) is 0 Å². The number of hydrogen-bond acceptors (Lipinski definition) is 7. The molecule has 4 aromatic rings. The van der Waals surface area contributed by atoms with E-state index in [1.54, 1.807) is 67.8 Å². The third-order valence-electron chi connectivity index (χ3n) is 4.53. The van der Waals surface area contributed by atoms with Crippen LogP contribution in [0.2, 0.25) is 0 Å². The second-order valence-electron chi connectivity index (χ2n) is 6.88. The van der Waals surface area contributed by atoms with Crippen molar-refractivity contribution in [3.8, 4) is 11.4 Å². The monoisotopic (exact) mass is 449 g/mol. The van der Waals surface area contributed by atoms with Gasteiger partial charge in [0.15, 0.2) is 0 Å². The van der Waals surface area contributed by atoms with E-state index in [1.807, 2.05) is 0 Å². The van der Waals surface area contributed by atoms with Crippen molar-refractivity contribution in [1.82, 2.24) is 19.8 Å². The molecule has 9 nitrogen and oxygen atoms in total. The van der Waals surface area contributed by atoms with E-state index >= 15 is 0 Å². The highest BCUT2D eigenvalue weighted by Crippen LogP contribution is 2.20. The van der Waals surface area contributed by atoms with Crippen LogP contribution in [0.1, 0.15) is 21.8 Å². The van der Waals surface area contributed by atoms with Crippen LogP contribution in [-0.2, 0) is 16.6 Å². The number of anilines is 1. The second kappa shape index (κ2) is 9.08. The predicted molar refractivity (Wildman–Crippen MR) is 117 cm³/mol. The lowest BCUT2D eigenvalue weighted by Gasteiger charge is -2.09. The maximum atomic E-state index is 12.7. The Morgan fingerprint density at radius 1 is 1.06 bits per heavy atom. The molecule has 162 valence electrons. The summed E-state index contributed by atoms with van der Waals surface area (Å²) in [6, 6.07) is 16.4. The molecule has 10 heteroatoms. The Morgan fingerprint density at radius 2 is 1.88 bits per heavy atom. The van der Waals surface area contributed by atoms with Gasteiger partial charge in [-0.15, -0.1) is 0 Å². The molecule has 0 saturated carbocycles. The van der Waals surface area contributed by atoms with Crippen LogP contribution in [0.4, 0.5) is 5.69 Å². The molecule has 32 heavy (non-hydrogen) atoms. The second-order valence-corrected chi connectivity index (χ2v) is 8.65. The Morgan fingerprint density at radius 3 is 2.56 bits per heavy atom. The van der Waals surface area contributed by atoms with E-state index in [0.717, 1.165) is 0 Å². The van der Waals surface area contributed by atoms with Gasteiger partial charge in [0.05, 0.1) is 16.8 Å². The van der Waals surface area contributed by atoms with Crippen LogP contribution >= 0.6 is 0 Å². The number of carbonyl (C=O) groups excluding carboxylic acids is 1. The number of carbonyl (C=O) groups is 1. The molecule has 4 rings (SSSR count). The lowest BCUT2D eigenvalue weighted by molar-refractivity contribution is 0.102. The fourth-order valence-electron chi connectivity index (χ4n) is 2.89. The van der Waals surface area contributed by atoms with Crippen LogP contribution in [0.15, 0.2) is 82.5 Å². The molecule has 0 fully saturated rings. The number of sulfonamides is 1. The molecule has 0 bridgehead atoms. The average molecular weight is 449 g/mol. The molecule has 2 N–H and O–H groups in total. The van der Waals surface area contributed by atoms with Gasteiger partial charge in [-0.3, -0.25) is 9.78 Å². The normalized spacial score (nSPS) is 11.3. The zero-order valence-corrected chi connectivity index (χ0v) is 17.8. The van der Waals surface area contributed by atoms with Crippen LogP contribution < -0.4 is 10.0 Å². The summed E-state index contributed by atoms with van der Waals surface area (Å²) in [5.41, 5.74) is 2.28. The zero-order chi connectivity index (χ0) is 22.6. The predicted octanol–water partition coefficient (Wildman–Crippen LogP) is 3.17. The molecule has 0 unspecified atom stereocenters. The molecule has 0 atom stereocenters. The molecular formula is C22H19N5O4S. The van der Waals surface area contributed by atoms with E-state index in [-0.39, 0.29) is 17.3 Å². The number of pyridine rings is 1. The van der Waals surface area contributed by atoms with Crippen molar-refractivity contribution >= 4 is 21.6 Å². The molecule has 0 aliphatic rings. The summed E-state index contributed by atoms with van der Waals surface area (Å²) in [6.07, 6.45) is 3.17. The molecule has 2 aromatic carbocycles. The third-order valence-corrected chi connectivity index (χ3v) is 5.93. The quantitative estimate of drug-likeness (QED) is 0.444. The fraction of sp³-hybridized carbons (Fsp3) is 0.0909. The lowest BCUT2D eigenvalue weighted by Crippen LogP contribution is -2.23. The Bertz CT molecular complexity index is 1340. The van der Waals surface area contributed by atoms with Crippen molar-refractivity contribution in [2.75, 3.05) is 5.32 Å². The van der Waals surface area contributed by atoms with Gasteiger partial charge in [0, 0.05) is 30.8 Å². The first-order valence-corrected chi connectivity index (χ1v) is 11.1. The van der Waals surface area contributed by atoms with Gasteiger partial charge >= 0.3 is 0 Å². The molecule has 0 radical (unpaired) electrons. The number of aromatic nitrogens is 3. The Kier molecular flexibility index (Phi) is 6.06. The smallest absolute Gasteiger partial charge is 0.255 e. The summed E-state index contributed by atoms with van der Waals surface area (Å²) in [4.78, 5) is 20.5. The van der Waals surface area contributed by atoms with Crippen molar-refractivity contribution in [2.45, 2.75) is 18.4 Å². The van der Waals surface area contributed by atoms with Crippen molar-refractivity contribution in [3.05, 3.63) is 90.1 Å². The summed E-state index contributed by atoms with van der Waals surface area (Å²) >= 11 is 0. The van der Waals surface area contributed by atoms with E-state index in [1.165, 1.54) is 12.1 Å². The van der Waals surface area contributed by atoms with Gasteiger partial charge in [0.2, 0.25) is 21.7 Å². The Hall–Kier alpha value is -3.89. The van der Waals surface area contributed by atoms with E-state index in [9.17, 15) is 13.2 Å². The van der Waals surface area contributed by atoms with Crippen LogP contribution in [0, 0.1) is 6.92 Å². The first-order chi connectivity index (χ1) is 15.4. The SMILES string of the molecule is Cc1nc(-c2cccc(S(=O)(=O)NCc3ccc(C(=O)Nc4cccnc4)cc3)c2)no1. The molecule has 2 heterocycles. The van der Waals surface area contributed by atoms with Gasteiger partial charge in [-0.25, -0.2) is 13.1 Å². The van der Waals surface area contributed by atoms with Gasteiger partial charge in [-0.1, -0.05) is 29.4 Å². The number of benzene rings is 2. The highest BCUT2D eigenvalue weighted by Gasteiger charge is 2.16. The van der Waals surface area contributed by atoms with E-state index < -0.39 is 10.0 Å². The summed E-state index contributed by atoms with van der Waals surface area (Å²) in [7, 11) is -3.77. The van der Waals surface area contributed by atoms with Crippen LogP contribution in [-0.4, -0.2) is 29.4 Å². The summed E-state index contributed by atoms with van der Waals surface area (Å²) in [5.74, 6) is 0.433. The zero-order valence-electron chi connectivity index (χ0n) is 17.0. The van der Waals surface area contributed by atoms with Crippen molar-refractivity contribution in [2.24, 2.45) is 0 Å². The molecule has 0 spiro atoms. The Labute approximate surface area is 184 Å². The minimum atomic E-state index is -3.77. The summed E-state index contributed by atoms with van der Waals surface area (Å²) in [6.45, 7) is 1.73. The molecule has 1 amide bonds. The van der Waals surface area contributed by atoms with E-state index in [0.29, 0.717) is 34.1 Å². The largest absolute Gasteiger partial charge is 0.339 e. The maximum absolute atomic E-state index is 12.7. The van der Waals surface area contributed by atoms with Gasteiger partial charge < -0.3 is 9.84 Å². The first-order valence-electron chi connectivity index (χ1n) is 9.61. The first kappa shape index (κ1) is 21.3. The Balaban J connectivity index is 1.41. The van der Waals surface area contributed by atoms with E-state index in [4.69, 9.17) is 4.52 Å². The standard InChI is InChI=1S/C22H19N5O4S/c1-15-25-21(27-31-15)18-4-2-6-20(12-18)32(29,30)24-13-16-7-9-17(10-8-16)22(28)26-19-5-3-11-23-14-19/h2-12,14,24H,13H2,1H3,(H,26,28). The van der Waals surface area contributed by atoms with Gasteiger partial charge in [-0.2, -0.15) is 4.98 Å². The number of rotatable bonds is 7. The van der Waals surface area contributed by atoms with Crippen LogP contribution in [0.3, 0.4) is 0 Å². The molecular weight excluding hydrogens is 430 g/mol. The molecule has 0 saturated heterocycles. The molecule has 0 aliphatic carbocycles. The molecule has 2 aromatic heterocycles. The summed E-state index contributed by atoms with van der Waals surface area (Å²) in [5, 5.41) is 6.56. The van der Waals surface area contributed by atoms with Gasteiger partial charge in [0.1, 0.15) is 0 Å². The topological polar surface area (TPSA) is 127 Å².